The fraction of sp³-hybridized carbons (Fsp3) is 0.353. The molecule has 1 aromatic carbocycles. The van der Waals surface area contributed by atoms with E-state index in [2.05, 4.69) is 0 Å². The lowest BCUT2D eigenvalue weighted by Crippen LogP contribution is -2.37. The summed E-state index contributed by atoms with van der Waals surface area (Å²) in [6.45, 7) is 3.04. The summed E-state index contributed by atoms with van der Waals surface area (Å²) in [4.78, 5) is 11.3. The largest absolute Gasteiger partial charge is 0.480 e. The Labute approximate surface area is 147 Å². The van der Waals surface area contributed by atoms with Crippen LogP contribution in [0.2, 0.25) is 5.02 Å². The summed E-state index contributed by atoms with van der Waals surface area (Å²) in [6, 6.07) is 4.80. The van der Waals surface area contributed by atoms with E-state index in [0.717, 1.165) is 10.7 Å². The maximum Gasteiger partial charge on any atom is 0.324 e. The van der Waals surface area contributed by atoms with Gasteiger partial charge in [-0.1, -0.05) is 36.7 Å². The molecular formula is C17H20ClNO4S. The van der Waals surface area contributed by atoms with Gasteiger partial charge in [0.2, 0.25) is 0 Å². The van der Waals surface area contributed by atoms with Crippen LogP contribution in [0, 0.1) is 12.8 Å². The van der Waals surface area contributed by atoms with E-state index in [9.17, 15) is 18.3 Å². The number of hydrogen-bond acceptors (Lipinski definition) is 3. The average molecular weight is 370 g/mol. The maximum atomic E-state index is 13.0. The first-order valence-electron chi connectivity index (χ1n) is 7.65. The second kappa shape index (κ2) is 7.40. The molecule has 0 bridgehead atoms. The molecule has 24 heavy (non-hydrogen) atoms. The highest BCUT2D eigenvalue weighted by atomic mass is 35.5. The molecule has 0 amide bonds. The van der Waals surface area contributed by atoms with Crippen LogP contribution in [0.5, 0.6) is 0 Å². The predicted octanol–water partition coefficient (Wildman–Crippen LogP) is 3.74. The van der Waals surface area contributed by atoms with Crippen LogP contribution in [0.25, 0.3) is 0 Å². The molecule has 7 heteroatoms. The molecule has 1 aromatic rings. The Hall–Kier alpha value is -1.79. The average Bonchev–Trinajstić information content (AvgIpc) is 2.55. The monoisotopic (exact) mass is 369 g/mol. The first-order chi connectivity index (χ1) is 11.3. The predicted molar refractivity (Wildman–Crippen MR) is 95.7 cm³/mol. The molecule has 0 heterocycles. The van der Waals surface area contributed by atoms with E-state index >= 15 is 0 Å². The van der Waals surface area contributed by atoms with Crippen molar-refractivity contribution in [2.45, 2.75) is 26.7 Å². The Morgan fingerprint density at radius 3 is 2.67 bits per heavy atom. The van der Waals surface area contributed by atoms with Crippen molar-refractivity contribution in [1.82, 2.24) is 0 Å². The van der Waals surface area contributed by atoms with Crippen LogP contribution < -0.4 is 4.31 Å². The fourth-order valence-corrected chi connectivity index (χ4v) is 4.27. The van der Waals surface area contributed by atoms with E-state index in [4.69, 9.17) is 11.6 Å². The zero-order valence-corrected chi connectivity index (χ0v) is 15.1. The highest BCUT2D eigenvalue weighted by Gasteiger charge is 2.30. The molecular weight excluding hydrogens is 350 g/mol. The van der Waals surface area contributed by atoms with E-state index in [1.165, 1.54) is 0 Å². The number of sulfonamides is 1. The molecule has 1 atom stereocenters. The van der Waals surface area contributed by atoms with Crippen molar-refractivity contribution in [1.29, 1.82) is 0 Å². The second-order valence-corrected chi connectivity index (χ2v) is 7.93. The number of benzene rings is 1. The van der Waals surface area contributed by atoms with E-state index in [1.807, 2.05) is 13.0 Å². The smallest absolute Gasteiger partial charge is 0.324 e. The number of allylic oxidation sites excluding steroid dienone is 3. The van der Waals surface area contributed by atoms with Gasteiger partial charge in [0.15, 0.2) is 0 Å². The molecule has 0 aliphatic heterocycles. The number of carbonyl (C=O) groups is 1. The molecule has 0 saturated heterocycles. The SMILES string of the molecule is CCC1C=CC(S(=O)(=O)N(CC(=O)O)c2cccc(Cl)c2C)=CC1. The van der Waals surface area contributed by atoms with Gasteiger partial charge >= 0.3 is 5.97 Å². The number of nitrogens with zero attached hydrogens (tertiary/aromatic N) is 1. The number of rotatable bonds is 6. The van der Waals surface area contributed by atoms with Gasteiger partial charge in [0, 0.05) is 5.02 Å². The number of anilines is 1. The summed E-state index contributed by atoms with van der Waals surface area (Å²) in [6.07, 6.45) is 6.61. The molecule has 0 fully saturated rings. The minimum Gasteiger partial charge on any atom is -0.480 e. The molecule has 0 saturated carbocycles. The van der Waals surface area contributed by atoms with Gasteiger partial charge in [-0.3, -0.25) is 9.10 Å². The van der Waals surface area contributed by atoms with Gasteiger partial charge in [-0.2, -0.15) is 0 Å². The third kappa shape index (κ3) is 3.82. The Balaban J connectivity index is 2.48. The summed E-state index contributed by atoms with van der Waals surface area (Å²) in [5.41, 5.74) is 0.799. The summed E-state index contributed by atoms with van der Waals surface area (Å²) in [5, 5.41) is 9.56. The van der Waals surface area contributed by atoms with Gasteiger partial charge in [0.25, 0.3) is 10.0 Å². The van der Waals surface area contributed by atoms with Gasteiger partial charge in [-0.15, -0.1) is 0 Å². The van der Waals surface area contributed by atoms with Crippen molar-refractivity contribution in [3.63, 3.8) is 0 Å². The minimum atomic E-state index is -3.97. The molecule has 1 unspecified atom stereocenters. The van der Waals surface area contributed by atoms with Crippen LogP contribution >= 0.6 is 11.6 Å². The van der Waals surface area contributed by atoms with Gasteiger partial charge in [-0.25, -0.2) is 8.42 Å². The van der Waals surface area contributed by atoms with E-state index in [0.29, 0.717) is 22.9 Å². The lowest BCUT2D eigenvalue weighted by atomic mass is 9.98. The summed E-state index contributed by atoms with van der Waals surface area (Å²) < 4.78 is 26.9. The second-order valence-electron chi connectivity index (χ2n) is 5.66. The molecule has 1 aliphatic carbocycles. The Morgan fingerprint density at radius 2 is 2.12 bits per heavy atom. The number of carboxylic acid groups (broad SMARTS) is 1. The topological polar surface area (TPSA) is 74.7 Å². The molecule has 5 nitrogen and oxygen atoms in total. The van der Waals surface area contributed by atoms with E-state index < -0.39 is 22.5 Å². The Kier molecular flexibility index (Phi) is 5.72. The highest BCUT2D eigenvalue weighted by molar-refractivity contribution is 7.96. The summed E-state index contributed by atoms with van der Waals surface area (Å²) >= 11 is 6.07. The molecule has 0 spiro atoms. The highest BCUT2D eigenvalue weighted by Crippen LogP contribution is 2.32. The zero-order chi connectivity index (χ0) is 17.9. The zero-order valence-electron chi connectivity index (χ0n) is 13.6. The van der Waals surface area contributed by atoms with Crippen molar-refractivity contribution in [2.75, 3.05) is 10.8 Å². The number of carboxylic acids is 1. The van der Waals surface area contributed by atoms with Gasteiger partial charge in [0.05, 0.1) is 10.6 Å². The molecule has 1 aliphatic rings. The van der Waals surface area contributed by atoms with Crippen LogP contribution in [-0.4, -0.2) is 26.0 Å². The van der Waals surface area contributed by atoms with Crippen LogP contribution in [0.15, 0.2) is 41.3 Å². The van der Waals surface area contributed by atoms with E-state index in [-0.39, 0.29) is 10.6 Å². The summed E-state index contributed by atoms with van der Waals surface area (Å²) in [7, 11) is -3.97. The molecule has 2 rings (SSSR count). The maximum absolute atomic E-state index is 13.0. The van der Waals surface area contributed by atoms with Crippen LogP contribution in [0.1, 0.15) is 25.3 Å². The van der Waals surface area contributed by atoms with Crippen molar-refractivity contribution < 1.29 is 18.3 Å². The van der Waals surface area contributed by atoms with Crippen LogP contribution in [0.4, 0.5) is 5.69 Å². The standard InChI is InChI=1S/C17H20ClNO4S/c1-3-13-7-9-14(10-8-13)24(22,23)19(11-17(20)21)16-6-4-5-15(18)12(16)2/h4-7,9-10,13H,3,8,11H2,1-2H3,(H,20,21). The third-order valence-corrected chi connectivity index (χ3v) is 6.27. The van der Waals surface area contributed by atoms with Crippen LogP contribution in [-0.2, 0) is 14.8 Å². The lowest BCUT2D eigenvalue weighted by molar-refractivity contribution is -0.135. The first kappa shape index (κ1) is 18.5. The summed E-state index contributed by atoms with van der Waals surface area (Å²) in [5.74, 6) is -0.922. The molecule has 0 radical (unpaired) electrons. The Bertz CT molecular complexity index is 799. The van der Waals surface area contributed by atoms with Crippen LogP contribution in [0.3, 0.4) is 0 Å². The third-order valence-electron chi connectivity index (χ3n) is 4.05. The van der Waals surface area contributed by atoms with Gasteiger partial charge in [0.1, 0.15) is 6.54 Å². The molecule has 0 aromatic heterocycles. The minimum absolute atomic E-state index is 0.118. The number of halogens is 1. The van der Waals surface area contributed by atoms with E-state index in [1.54, 1.807) is 37.3 Å². The van der Waals surface area contributed by atoms with Crippen molar-refractivity contribution in [2.24, 2.45) is 5.92 Å². The molecule has 130 valence electrons. The van der Waals surface area contributed by atoms with Gasteiger partial charge in [-0.05, 0) is 49.5 Å². The van der Waals surface area contributed by atoms with Crippen molar-refractivity contribution in [3.05, 3.63) is 51.9 Å². The fourth-order valence-electron chi connectivity index (χ4n) is 2.56. The number of hydrogen-bond donors (Lipinski definition) is 1. The van der Waals surface area contributed by atoms with Crippen molar-refractivity contribution >= 4 is 33.3 Å². The molecule has 1 N–H and O–H groups in total. The van der Waals surface area contributed by atoms with Gasteiger partial charge < -0.3 is 5.11 Å². The first-order valence-corrected chi connectivity index (χ1v) is 9.47. The lowest BCUT2D eigenvalue weighted by Gasteiger charge is -2.26. The number of aliphatic carboxylic acids is 1. The Morgan fingerprint density at radius 1 is 1.42 bits per heavy atom. The normalized spacial score (nSPS) is 17.5. The van der Waals surface area contributed by atoms with Crippen molar-refractivity contribution in [3.8, 4) is 0 Å². The quantitative estimate of drug-likeness (QED) is 0.828.